The van der Waals surface area contributed by atoms with E-state index in [2.05, 4.69) is 5.32 Å². The highest BCUT2D eigenvalue weighted by molar-refractivity contribution is 7.88. The number of sulfonamides is 1. The van der Waals surface area contributed by atoms with E-state index in [-0.39, 0.29) is 25.5 Å². The number of para-hydroxylation sites is 1. The van der Waals surface area contributed by atoms with Gasteiger partial charge in [-0.25, -0.2) is 8.42 Å². The molecule has 0 aliphatic rings. The van der Waals surface area contributed by atoms with Crippen molar-refractivity contribution in [1.29, 1.82) is 0 Å². The number of hydrogen-bond acceptors (Lipinski definition) is 5. The molecule has 0 bridgehead atoms. The summed E-state index contributed by atoms with van der Waals surface area (Å²) in [6.07, 6.45) is 1.15. The molecule has 0 aliphatic heterocycles. The van der Waals surface area contributed by atoms with E-state index in [0.717, 1.165) is 11.8 Å². The molecule has 0 spiro atoms. The van der Waals surface area contributed by atoms with Crippen molar-refractivity contribution in [3.05, 3.63) is 59.7 Å². The molecule has 1 amide bonds. The van der Waals surface area contributed by atoms with Gasteiger partial charge in [0.15, 0.2) is 0 Å². The van der Waals surface area contributed by atoms with Crippen molar-refractivity contribution in [2.45, 2.75) is 6.54 Å². The lowest BCUT2D eigenvalue weighted by molar-refractivity contribution is 0.0951. The van der Waals surface area contributed by atoms with Gasteiger partial charge in [-0.2, -0.15) is 4.31 Å². The maximum atomic E-state index is 12.2. The van der Waals surface area contributed by atoms with E-state index in [9.17, 15) is 13.2 Å². The third-order valence-corrected chi connectivity index (χ3v) is 5.24. The van der Waals surface area contributed by atoms with Crippen molar-refractivity contribution in [3.8, 4) is 11.5 Å². The molecule has 7 nitrogen and oxygen atoms in total. The maximum Gasteiger partial charge on any atom is 0.251 e. The minimum atomic E-state index is -3.45. The number of hydrogen-bond donors (Lipinski definition) is 1. The minimum Gasteiger partial charge on any atom is -0.497 e. The Balaban J connectivity index is 2.01. The number of ether oxygens (including phenoxy) is 2. The number of nitrogens with one attached hydrogen (secondary N) is 1. The first-order valence-corrected chi connectivity index (χ1v) is 10.2. The molecule has 0 atom stereocenters. The fourth-order valence-electron chi connectivity index (χ4n) is 2.55. The second-order valence-corrected chi connectivity index (χ2v) is 7.88. The van der Waals surface area contributed by atoms with E-state index < -0.39 is 10.0 Å². The number of methoxy groups -OCH3 is 2. The summed E-state index contributed by atoms with van der Waals surface area (Å²) in [5.74, 6) is 0.905. The first-order chi connectivity index (χ1) is 12.8. The van der Waals surface area contributed by atoms with Crippen LogP contribution in [-0.2, 0) is 16.6 Å². The third-order valence-electron chi connectivity index (χ3n) is 3.99. The van der Waals surface area contributed by atoms with Gasteiger partial charge < -0.3 is 14.8 Å². The summed E-state index contributed by atoms with van der Waals surface area (Å²) in [6.45, 7) is 0.489. The molecule has 0 fully saturated rings. The van der Waals surface area contributed by atoms with Gasteiger partial charge in [0.05, 0.1) is 20.5 Å². The summed E-state index contributed by atoms with van der Waals surface area (Å²) in [7, 11) is -0.389. The Kier molecular flexibility index (Phi) is 7.20. The van der Waals surface area contributed by atoms with E-state index >= 15 is 0 Å². The van der Waals surface area contributed by atoms with Gasteiger partial charge in [0.1, 0.15) is 11.5 Å². The Morgan fingerprint density at radius 1 is 1.07 bits per heavy atom. The quantitative estimate of drug-likeness (QED) is 0.705. The van der Waals surface area contributed by atoms with Gasteiger partial charge >= 0.3 is 0 Å². The van der Waals surface area contributed by atoms with Crippen LogP contribution in [0.3, 0.4) is 0 Å². The van der Waals surface area contributed by atoms with Crippen LogP contribution in [0.5, 0.6) is 11.5 Å². The molecule has 0 saturated carbocycles. The molecule has 146 valence electrons. The summed E-state index contributed by atoms with van der Waals surface area (Å²) in [5, 5.41) is 2.74. The molecule has 2 aromatic rings. The molecule has 27 heavy (non-hydrogen) atoms. The molecule has 1 N–H and O–H groups in total. The molecule has 2 aromatic carbocycles. The maximum absolute atomic E-state index is 12.2. The smallest absolute Gasteiger partial charge is 0.251 e. The highest BCUT2D eigenvalue weighted by Gasteiger charge is 2.19. The van der Waals surface area contributed by atoms with Gasteiger partial charge in [-0.15, -0.1) is 0 Å². The molecule has 8 heteroatoms. The first-order valence-electron chi connectivity index (χ1n) is 8.34. The monoisotopic (exact) mass is 392 g/mol. The molecule has 0 aliphatic carbocycles. The van der Waals surface area contributed by atoms with Crippen molar-refractivity contribution in [2.75, 3.05) is 33.6 Å². The van der Waals surface area contributed by atoms with Crippen LogP contribution in [0, 0.1) is 0 Å². The van der Waals surface area contributed by atoms with Crippen LogP contribution in [0.25, 0.3) is 0 Å². The molecule has 0 heterocycles. The molecule has 0 saturated heterocycles. The zero-order chi connectivity index (χ0) is 19.9. The Bertz CT molecular complexity index is 883. The van der Waals surface area contributed by atoms with Crippen molar-refractivity contribution in [1.82, 2.24) is 9.62 Å². The SMILES string of the molecule is COc1cccc(C(=O)NCCN(Cc2ccccc2OC)S(C)(=O)=O)c1. The van der Waals surface area contributed by atoms with Gasteiger partial charge in [-0.3, -0.25) is 4.79 Å². The van der Waals surface area contributed by atoms with Crippen LogP contribution in [0.15, 0.2) is 48.5 Å². The lowest BCUT2D eigenvalue weighted by Crippen LogP contribution is -2.37. The van der Waals surface area contributed by atoms with Crippen molar-refractivity contribution >= 4 is 15.9 Å². The average Bonchev–Trinajstić information content (AvgIpc) is 2.66. The van der Waals surface area contributed by atoms with Crippen LogP contribution in [0.1, 0.15) is 15.9 Å². The van der Waals surface area contributed by atoms with Crippen LogP contribution in [-0.4, -0.2) is 52.2 Å². The molecular formula is C19H24N2O5S. The lowest BCUT2D eigenvalue weighted by atomic mass is 10.2. The van der Waals surface area contributed by atoms with E-state index in [1.54, 1.807) is 30.3 Å². The molecule has 0 unspecified atom stereocenters. The standard InChI is InChI=1S/C19H24N2O5S/c1-25-17-9-6-8-15(13-17)19(22)20-11-12-21(27(3,23)24)14-16-7-4-5-10-18(16)26-2/h4-10,13H,11-12,14H2,1-3H3,(H,20,22). The molecule has 2 rings (SSSR count). The van der Waals surface area contributed by atoms with Gasteiger partial charge in [0, 0.05) is 30.8 Å². The third kappa shape index (κ3) is 5.97. The zero-order valence-electron chi connectivity index (χ0n) is 15.6. The number of benzene rings is 2. The van der Waals surface area contributed by atoms with Crippen LogP contribution < -0.4 is 14.8 Å². The highest BCUT2D eigenvalue weighted by Crippen LogP contribution is 2.20. The second-order valence-electron chi connectivity index (χ2n) is 5.90. The predicted molar refractivity (Wildman–Crippen MR) is 104 cm³/mol. The van der Waals surface area contributed by atoms with E-state index in [4.69, 9.17) is 9.47 Å². The van der Waals surface area contributed by atoms with Gasteiger partial charge in [0.25, 0.3) is 5.91 Å². The van der Waals surface area contributed by atoms with Crippen molar-refractivity contribution < 1.29 is 22.7 Å². The van der Waals surface area contributed by atoms with Gasteiger partial charge in [-0.1, -0.05) is 24.3 Å². The predicted octanol–water partition coefficient (Wildman–Crippen LogP) is 1.90. The fourth-order valence-corrected chi connectivity index (χ4v) is 3.34. The highest BCUT2D eigenvalue weighted by atomic mass is 32.2. The summed E-state index contributed by atoms with van der Waals surface area (Å²) in [4.78, 5) is 12.2. The number of rotatable bonds is 9. The number of amides is 1. The van der Waals surface area contributed by atoms with E-state index in [1.165, 1.54) is 18.5 Å². The Morgan fingerprint density at radius 3 is 2.48 bits per heavy atom. The van der Waals surface area contributed by atoms with Crippen LogP contribution >= 0.6 is 0 Å². The minimum absolute atomic E-state index is 0.145. The Hall–Kier alpha value is -2.58. The first kappa shape index (κ1) is 20.7. The fraction of sp³-hybridized carbons (Fsp3) is 0.316. The molecule has 0 radical (unpaired) electrons. The number of nitrogens with zero attached hydrogens (tertiary/aromatic N) is 1. The largest absolute Gasteiger partial charge is 0.497 e. The van der Waals surface area contributed by atoms with Gasteiger partial charge in [-0.05, 0) is 24.3 Å². The Morgan fingerprint density at radius 2 is 1.81 bits per heavy atom. The van der Waals surface area contributed by atoms with Crippen LogP contribution in [0.2, 0.25) is 0 Å². The van der Waals surface area contributed by atoms with Crippen molar-refractivity contribution in [2.24, 2.45) is 0 Å². The summed E-state index contributed by atoms with van der Waals surface area (Å²) >= 11 is 0. The topological polar surface area (TPSA) is 84.9 Å². The summed E-state index contributed by atoms with van der Waals surface area (Å²) in [6, 6.07) is 14.0. The second kappa shape index (κ2) is 9.38. The summed E-state index contributed by atoms with van der Waals surface area (Å²) in [5.41, 5.74) is 1.20. The number of carbonyl (C=O) groups excluding carboxylic acids is 1. The Labute approximate surface area is 160 Å². The van der Waals surface area contributed by atoms with Gasteiger partial charge in [0.2, 0.25) is 10.0 Å². The molecular weight excluding hydrogens is 368 g/mol. The average molecular weight is 392 g/mol. The zero-order valence-corrected chi connectivity index (χ0v) is 16.5. The van der Waals surface area contributed by atoms with E-state index in [1.807, 2.05) is 18.2 Å². The normalized spacial score (nSPS) is 11.3. The van der Waals surface area contributed by atoms with E-state index in [0.29, 0.717) is 17.1 Å². The van der Waals surface area contributed by atoms with Crippen molar-refractivity contribution in [3.63, 3.8) is 0 Å². The summed E-state index contributed by atoms with van der Waals surface area (Å²) < 4.78 is 35.9. The molecule has 0 aromatic heterocycles. The van der Waals surface area contributed by atoms with Crippen LogP contribution in [0.4, 0.5) is 0 Å². The lowest BCUT2D eigenvalue weighted by Gasteiger charge is -2.21. The number of carbonyl (C=O) groups is 1.